The van der Waals surface area contributed by atoms with Crippen LogP contribution < -0.4 is 10.1 Å². The van der Waals surface area contributed by atoms with Crippen LogP contribution in [-0.4, -0.2) is 48.3 Å². The Balaban J connectivity index is 1.71. The van der Waals surface area contributed by atoms with Crippen LogP contribution in [0.4, 0.5) is 0 Å². The molecule has 7 heteroatoms. The maximum atomic E-state index is 13.2. The number of hydrogen-bond acceptors (Lipinski definition) is 5. The van der Waals surface area contributed by atoms with Gasteiger partial charge in [-0.15, -0.1) is 6.58 Å². The first-order chi connectivity index (χ1) is 15.5. The number of hydrogen-bond donors (Lipinski definition) is 2. The first kappa shape index (κ1) is 23.8. The second kappa shape index (κ2) is 11.2. The molecule has 2 aromatic carbocycles. The van der Waals surface area contributed by atoms with Crippen molar-refractivity contribution in [3.05, 3.63) is 77.3 Å². The van der Waals surface area contributed by atoms with Gasteiger partial charge in [-0.1, -0.05) is 35.9 Å². The van der Waals surface area contributed by atoms with Crippen LogP contribution in [0, 0.1) is 0 Å². The number of nitrogens with zero attached hydrogens (tertiary/aromatic N) is 1. The van der Waals surface area contributed by atoms with E-state index in [1.165, 1.54) is 0 Å². The van der Waals surface area contributed by atoms with Crippen molar-refractivity contribution in [2.24, 2.45) is 4.99 Å². The van der Waals surface area contributed by atoms with Gasteiger partial charge in [-0.25, -0.2) is 4.99 Å². The number of carbonyl (C=O) groups is 1. The molecule has 1 aliphatic rings. The van der Waals surface area contributed by atoms with Crippen LogP contribution in [0.3, 0.4) is 0 Å². The van der Waals surface area contributed by atoms with Crippen molar-refractivity contribution < 1.29 is 19.4 Å². The van der Waals surface area contributed by atoms with Crippen molar-refractivity contribution in [2.45, 2.75) is 37.8 Å². The molecular weight excluding hydrogens is 428 g/mol. The Kier molecular flexibility index (Phi) is 8.31. The Morgan fingerprint density at radius 2 is 2.06 bits per heavy atom. The van der Waals surface area contributed by atoms with Gasteiger partial charge in [0.2, 0.25) is 5.90 Å². The third-order valence-corrected chi connectivity index (χ3v) is 5.79. The summed E-state index contributed by atoms with van der Waals surface area (Å²) in [5.74, 6) is 0.918. The molecule has 0 unspecified atom stereocenters. The smallest absolute Gasteiger partial charge is 0.252 e. The van der Waals surface area contributed by atoms with Crippen molar-refractivity contribution in [1.82, 2.24) is 5.32 Å². The molecule has 0 saturated heterocycles. The molecule has 6 nitrogen and oxygen atoms in total. The molecule has 0 aliphatic carbocycles. The molecule has 2 aromatic rings. The van der Waals surface area contributed by atoms with Gasteiger partial charge in [0.25, 0.3) is 5.91 Å². The standard InChI is InChI=1S/C25H29ClN2O4/c1-3-14-25(24(30)27-15-13-19-7-4-5-8-22(19)26)18(2)32-23(28-25)20-9-11-21(12-10-20)31-17-6-16-29/h3-5,7-12,18,29H,1,6,13-17H2,2H3,(H,27,30)/t18-,25-/m1/s1. The molecule has 0 fully saturated rings. The molecule has 32 heavy (non-hydrogen) atoms. The quantitative estimate of drug-likeness (QED) is 0.396. The highest BCUT2D eigenvalue weighted by Crippen LogP contribution is 2.32. The number of rotatable bonds is 11. The summed E-state index contributed by atoms with van der Waals surface area (Å²) in [6, 6.07) is 14.9. The van der Waals surface area contributed by atoms with E-state index in [-0.39, 0.29) is 12.5 Å². The summed E-state index contributed by atoms with van der Waals surface area (Å²) in [5, 5.41) is 12.5. The van der Waals surface area contributed by atoms with E-state index in [1.54, 1.807) is 6.08 Å². The second-order valence-electron chi connectivity index (χ2n) is 7.64. The molecule has 0 bridgehead atoms. The van der Waals surface area contributed by atoms with Gasteiger partial charge in [-0.05, 0) is 49.2 Å². The predicted molar refractivity (Wildman–Crippen MR) is 126 cm³/mol. The maximum absolute atomic E-state index is 13.2. The number of aliphatic hydroxyl groups is 1. The van der Waals surface area contributed by atoms with E-state index in [0.29, 0.717) is 49.1 Å². The van der Waals surface area contributed by atoms with E-state index in [4.69, 9.17) is 31.2 Å². The SMILES string of the molecule is C=CC[C@@]1(C(=O)NCCc2ccccc2Cl)N=C(c2ccc(OCCCO)cc2)O[C@@H]1C. The van der Waals surface area contributed by atoms with E-state index >= 15 is 0 Å². The third-order valence-electron chi connectivity index (χ3n) is 5.42. The number of carbonyl (C=O) groups excluding carboxylic acids is 1. The van der Waals surface area contributed by atoms with Gasteiger partial charge in [0.15, 0.2) is 5.54 Å². The monoisotopic (exact) mass is 456 g/mol. The minimum atomic E-state index is -1.08. The average molecular weight is 457 g/mol. The van der Waals surface area contributed by atoms with Crippen molar-refractivity contribution in [1.29, 1.82) is 0 Å². The van der Waals surface area contributed by atoms with E-state index in [1.807, 2.05) is 55.5 Å². The molecule has 170 valence electrons. The van der Waals surface area contributed by atoms with Gasteiger partial charge in [0.05, 0.1) is 6.61 Å². The van der Waals surface area contributed by atoms with Gasteiger partial charge in [-0.2, -0.15) is 0 Å². The summed E-state index contributed by atoms with van der Waals surface area (Å²) in [4.78, 5) is 17.9. The fraction of sp³-hybridized carbons (Fsp3) is 0.360. The normalized spacial score (nSPS) is 19.7. The summed E-state index contributed by atoms with van der Waals surface area (Å²) in [5.41, 5.74) is 0.669. The van der Waals surface area contributed by atoms with Crippen LogP contribution in [0.25, 0.3) is 0 Å². The summed E-state index contributed by atoms with van der Waals surface area (Å²) in [6.07, 6.45) is 2.80. The molecule has 2 atom stereocenters. The van der Waals surface area contributed by atoms with E-state index < -0.39 is 11.6 Å². The highest BCUT2D eigenvalue weighted by molar-refractivity contribution is 6.31. The van der Waals surface area contributed by atoms with Gasteiger partial charge >= 0.3 is 0 Å². The fourth-order valence-corrected chi connectivity index (χ4v) is 3.80. The summed E-state index contributed by atoms with van der Waals surface area (Å²) in [6.45, 7) is 6.64. The number of nitrogens with one attached hydrogen (secondary N) is 1. The molecule has 0 spiro atoms. The Morgan fingerprint density at radius 1 is 1.31 bits per heavy atom. The molecular formula is C25H29ClN2O4. The maximum Gasteiger partial charge on any atom is 0.252 e. The number of aliphatic imine (C=N–C) groups is 1. The largest absolute Gasteiger partial charge is 0.494 e. The molecule has 1 aliphatic heterocycles. The van der Waals surface area contributed by atoms with Gasteiger partial charge < -0.3 is 19.9 Å². The molecule has 0 aromatic heterocycles. The third kappa shape index (κ3) is 5.50. The molecule has 1 heterocycles. The zero-order valence-corrected chi connectivity index (χ0v) is 19.0. The van der Waals surface area contributed by atoms with Crippen LogP contribution in [-0.2, 0) is 16.0 Å². The number of benzene rings is 2. The van der Waals surface area contributed by atoms with Crippen LogP contribution in [0.15, 0.2) is 66.2 Å². The molecule has 0 radical (unpaired) electrons. The lowest BCUT2D eigenvalue weighted by Crippen LogP contribution is -2.51. The fourth-order valence-electron chi connectivity index (χ4n) is 3.57. The van der Waals surface area contributed by atoms with Gasteiger partial charge in [0, 0.05) is 36.6 Å². The second-order valence-corrected chi connectivity index (χ2v) is 8.05. The number of halogens is 1. The molecule has 0 saturated carbocycles. The zero-order chi connectivity index (χ0) is 23.0. The van der Waals surface area contributed by atoms with Crippen LogP contribution in [0.2, 0.25) is 5.02 Å². The highest BCUT2D eigenvalue weighted by atomic mass is 35.5. The van der Waals surface area contributed by atoms with Crippen LogP contribution in [0.1, 0.15) is 30.9 Å². The summed E-state index contributed by atoms with van der Waals surface area (Å²) >= 11 is 6.21. The van der Waals surface area contributed by atoms with Gasteiger partial charge in [0.1, 0.15) is 11.9 Å². The molecule has 1 amide bonds. The number of aliphatic hydroxyl groups excluding tert-OH is 1. The Hall–Kier alpha value is -2.83. The van der Waals surface area contributed by atoms with Crippen molar-refractivity contribution >= 4 is 23.4 Å². The molecule has 3 rings (SSSR count). The minimum absolute atomic E-state index is 0.0897. The minimum Gasteiger partial charge on any atom is -0.494 e. The topological polar surface area (TPSA) is 80.2 Å². The van der Waals surface area contributed by atoms with Crippen LogP contribution >= 0.6 is 11.6 Å². The van der Waals surface area contributed by atoms with E-state index in [2.05, 4.69) is 11.9 Å². The summed E-state index contributed by atoms with van der Waals surface area (Å²) in [7, 11) is 0. The average Bonchev–Trinajstić information content (AvgIpc) is 3.13. The lowest BCUT2D eigenvalue weighted by molar-refractivity contribution is -0.128. The highest BCUT2D eigenvalue weighted by Gasteiger charge is 2.49. The summed E-state index contributed by atoms with van der Waals surface area (Å²) < 4.78 is 11.6. The lowest BCUT2D eigenvalue weighted by Gasteiger charge is -2.26. The first-order valence-corrected chi connectivity index (χ1v) is 11.1. The number of amides is 1. The van der Waals surface area contributed by atoms with E-state index in [0.717, 1.165) is 11.1 Å². The Morgan fingerprint density at radius 3 is 2.75 bits per heavy atom. The number of ether oxygens (including phenoxy) is 2. The van der Waals surface area contributed by atoms with Crippen molar-refractivity contribution in [3.63, 3.8) is 0 Å². The Labute approximate surface area is 193 Å². The zero-order valence-electron chi connectivity index (χ0n) is 18.2. The van der Waals surface area contributed by atoms with E-state index in [9.17, 15) is 4.79 Å². The first-order valence-electron chi connectivity index (χ1n) is 10.7. The predicted octanol–water partition coefficient (Wildman–Crippen LogP) is 3.94. The van der Waals surface area contributed by atoms with Crippen LogP contribution in [0.5, 0.6) is 5.75 Å². The molecule has 2 N–H and O–H groups in total. The van der Waals surface area contributed by atoms with Crippen molar-refractivity contribution in [2.75, 3.05) is 19.8 Å². The Bertz CT molecular complexity index is 961. The van der Waals surface area contributed by atoms with Crippen molar-refractivity contribution in [3.8, 4) is 5.75 Å². The van der Waals surface area contributed by atoms with Gasteiger partial charge in [-0.3, -0.25) is 4.79 Å². The lowest BCUT2D eigenvalue weighted by atomic mass is 9.89.